The van der Waals surface area contributed by atoms with Crippen molar-refractivity contribution in [3.8, 4) is 0 Å². The van der Waals surface area contributed by atoms with Crippen LogP contribution in [0.2, 0.25) is 0 Å². The van der Waals surface area contributed by atoms with E-state index in [9.17, 15) is 0 Å². The molecule has 3 aromatic rings. The molecule has 0 aliphatic rings. The summed E-state index contributed by atoms with van der Waals surface area (Å²) in [6.45, 7) is 7.81. The van der Waals surface area contributed by atoms with Crippen molar-refractivity contribution in [1.82, 2.24) is 20.4 Å². The topological polar surface area (TPSA) is 67.4 Å². The van der Waals surface area contributed by atoms with Crippen LogP contribution in [0.4, 0.5) is 0 Å². The molecule has 28 heavy (non-hydrogen) atoms. The molecule has 150 valence electrons. The third kappa shape index (κ3) is 5.48. The zero-order valence-corrected chi connectivity index (χ0v) is 17.8. The lowest BCUT2D eigenvalue weighted by Gasteiger charge is -2.18. The Morgan fingerprint density at radius 3 is 2.82 bits per heavy atom. The first-order valence-electron chi connectivity index (χ1n) is 9.61. The molecule has 0 radical (unpaired) electrons. The Morgan fingerprint density at radius 2 is 2.18 bits per heavy atom. The molecule has 6 nitrogen and oxygen atoms in total. The number of nitrogens with zero attached hydrogens (tertiary/aromatic N) is 3. The second kappa shape index (κ2) is 9.59. The third-order valence-electron chi connectivity index (χ3n) is 4.77. The summed E-state index contributed by atoms with van der Waals surface area (Å²) >= 11 is 1.73. The van der Waals surface area contributed by atoms with Crippen LogP contribution >= 0.6 is 11.3 Å². The van der Waals surface area contributed by atoms with Gasteiger partial charge in [0.2, 0.25) is 0 Å². The molecule has 1 atom stereocenters. The Morgan fingerprint density at radius 1 is 1.32 bits per heavy atom. The number of furan rings is 1. The quantitative estimate of drug-likeness (QED) is 0.449. The van der Waals surface area contributed by atoms with Gasteiger partial charge in [-0.25, -0.2) is 4.99 Å². The molecule has 3 aromatic heterocycles. The minimum absolute atomic E-state index is 0.236. The molecule has 0 bridgehead atoms. The molecule has 1 unspecified atom stereocenters. The number of thiophene rings is 1. The van der Waals surface area contributed by atoms with E-state index in [-0.39, 0.29) is 6.04 Å². The summed E-state index contributed by atoms with van der Waals surface area (Å²) in [5.41, 5.74) is 3.61. The monoisotopic (exact) mass is 399 g/mol. The van der Waals surface area contributed by atoms with E-state index in [0.29, 0.717) is 6.54 Å². The van der Waals surface area contributed by atoms with E-state index in [2.05, 4.69) is 54.0 Å². The van der Waals surface area contributed by atoms with E-state index in [1.54, 1.807) is 17.6 Å². The number of rotatable bonds is 8. The highest BCUT2D eigenvalue weighted by molar-refractivity contribution is 7.09. The number of guanidine groups is 1. The average molecular weight is 400 g/mol. The molecule has 0 aliphatic carbocycles. The van der Waals surface area contributed by atoms with Crippen molar-refractivity contribution in [2.75, 3.05) is 6.54 Å². The van der Waals surface area contributed by atoms with Gasteiger partial charge in [0.25, 0.3) is 0 Å². The Labute approximate surface area is 170 Å². The number of aryl methyl sites for hydroxylation is 2. The summed E-state index contributed by atoms with van der Waals surface area (Å²) < 4.78 is 7.36. The number of aromatic nitrogens is 2. The Kier molecular flexibility index (Phi) is 6.92. The number of aliphatic imine (C=N–C) groups is 1. The largest absolute Gasteiger partial charge is 0.469 e. The van der Waals surface area contributed by atoms with Crippen molar-refractivity contribution in [2.24, 2.45) is 12.0 Å². The maximum Gasteiger partial charge on any atom is 0.191 e. The zero-order chi connectivity index (χ0) is 19.9. The molecule has 0 aliphatic heterocycles. The predicted octanol–water partition coefficient (Wildman–Crippen LogP) is 3.60. The van der Waals surface area contributed by atoms with Crippen LogP contribution in [0.5, 0.6) is 0 Å². The average Bonchev–Trinajstić information content (AvgIpc) is 3.40. The van der Waals surface area contributed by atoms with Crippen LogP contribution in [0.15, 0.2) is 45.3 Å². The summed E-state index contributed by atoms with van der Waals surface area (Å²) in [5, 5.41) is 13.6. The molecule has 0 fully saturated rings. The second-order valence-electron chi connectivity index (χ2n) is 7.02. The SMILES string of the molecule is Cc1nn(C)c(C)c1CC(C)NC(=NCc1cccs1)NCCc1ccco1. The first kappa shape index (κ1) is 20.2. The first-order chi connectivity index (χ1) is 13.5. The third-order valence-corrected chi connectivity index (χ3v) is 5.63. The highest BCUT2D eigenvalue weighted by Gasteiger charge is 2.14. The van der Waals surface area contributed by atoms with Crippen molar-refractivity contribution in [3.05, 3.63) is 63.5 Å². The van der Waals surface area contributed by atoms with Crippen LogP contribution in [0.3, 0.4) is 0 Å². The van der Waals surface area contributed by atoms with Crippen LogP contribution in [0, 0.1) is 13.8 Å². The van der Waals surface area contributed by atoms with Gasteiger partial charge in [0.15, 0.2) is 5.96 Å². The Balaban J connectivity index is 1.62. The van der Waals surface area contributed by atoms with E-state index in [1.165, 1.54) is 16.1 Å². The summed E-state index contributed by atoms with van der Waals surface area (Å²) in [7, 11) is 1.99. The molecular weight excluding hydrogens is 370 g/mol. The number of hydrogen-bond acceptors (Lipinski definition) is 4. The molecular formula is C21H29N5OS. The lowest BCUT2D eigenvalue weighted by atomic mass is 10.1. The van der Waals surface area contributed by atoms with Crippen LogP contribution in [0.1, 0.15) is 34.5 Å². The molecule has 7 heteroatoms. The minimum atomic E-state index is 0.236. The molecule has 0 amide bonds. The van der Waals surface area contributed by atoms with Gasteiger partial charge in [0, 0.05) is 36.6 Å². The summed E-state index contributed by atoms with van der Waals surface area (Å²) in [4.78, 5) is 6.02. The molecule has 0 saturated carbocycles. The van der Waals surface area contributed by atoms with E-state index < -0.39 is 0 Å². The Bertz CT molecular complexity index is 880. The van der Waals surface area contributed by atoms with Gasteiger partial charge in [-0.2, -0.15) is 5.10 Å². The van der Waals surface area contributed by atoms with E-state index >= 15 is 0 Å². The van der Waals surface area contributed by atoms with Crippen LogP contribution in [-0.2, 0) is 26.4 Å². The van der Waals surface area contributed by atoms with Gasteiger partial charge < -0.3 is 15.1 Å². The standard InChI is InChI=1S/C21H29N5OS/c1-15(13-20-16(2)25-26(4)17(20)3)24-21(23-14-19-8-6-12-28-19)22-10-9-18-7-5-11-27-18/h5-8,11-12,15H,9-10,13-14H2,1-4H3,(H2,22,23,24). The molecule has 0 aromatic carbocycles. The summed E-state index contributed by atoms with van der Waals surface area (Å²) in [6.07, 6.45) is 3.44. The van der Waals surface area contributed by atoms with E-state index in [4.69, 9.17) is 9.41 Å². The van der Waals surface area contributed by atoms with Gasteiger partial charge in [-0.15, -0.1) is 11.3 Å². The lowest BCUT2D eigenvalue weighted by Crippen LogP contribution is -2.44. The smallest absolute Gasteiger partial charge is 0.191 e. The van der Waals surface area contributed by atoms with Crippen LogP contribution < -0.4 is 10.6 Å². The molecule has 3 rings (SSSR count). The zero-order valence-electron chi connectivity index (χ0n) is 17.0. The van der Waals surface area contributed by atoms with E-state index in [0.717, 1.165) is 36.8 Å². The number of hydrogen-bond donors (Lipinski definition) is 2. The fourth-order valence-corrected chi connectivity index (χ4v) is 3.80. The normalized spacial score (nSPS) is 12.9. The van der Waals surface area contributed by atoms with Crippen molar-refractivity contribution in [1.29, 1.82) is 0 Å². The van der Waals surface area contributed by atoms with Gasteiger partial charge in [-0.05, 0) is 56.3 Å². The van der Waals surface area contributed by atoms with Crippen LogP contribution in [0.25, 0.3) is 0 Å². The first-order valence-corrected chi connectivity index (χ1v) is 10.5. The Hall–Kier alpha value is -2.54. The minimum Gasteiger partial charge on any atom is -0.469 e. The van der Waals surface area contributed by atoms with Crippen molar-refractivity contribution >= 4 is 17.3 Å². The van der Waals surface area contributed by atoms with Gasteiger partial charge in [-0.1, -0.05) is 6.07 Å². The summed E-state index contributed by atoms with van der Waals surface area (Å²) in [5.74, 6) is 1.80. The van der Waals surface area contributed by atoms with Crippen molar-refractivity contribution in [3.63, 3.8) is 0 Å². The molecule has 0 saturated heterocycles. The second-order valence-corrected chi connectivity index (χ2v) is 8.06. The van der Waals surface area contributed by atoms with Crippen LogP contribution in [-0.4, -0.2) is 28.3 Å². The highest BCUT2D eigenvalue weighted by Crippen LogP contribution is 2.14. The fourth-order valence-electron chi connectivity index (χ4n) is 3.17. The fraction of sp³-hybridized carbons (Fsp3) is 0.429. The lowest BCUT2D eigenvalue weighted by molar-refractivity contribution is 0.506. The predicted molar refractivity (Wildman–Crippen MR) is 115 cm³/mol. The van der Waals surface area contributed by atoms with Gasteiger partial charge >= 0.3 is 0 Å². The van der Waals surface area contributed by atoms with Gasteiger partial charge in [0.1, 0.15) is 5.76 Å². The summed E-state index contributed by atoms with van der Waals surface area (Å²) in [6, 6.07) is 8.32. The van der Waals surface area contributed by atoms with Gasteiger partial charge in [0.05, 0.1) is 18.5 Å². The van der Waals surface area contributed by atoms with Crippen molar-refractivity contribution in [2.45, 2.75) is 46.2 Å². The van der Waals surface area contributed by atoms with Gasteiger partial charge in [-0.3, -0.25) is 4.68 Å². The van der Waals surface area contributed by atoms with E-state index in [1.807, 2.05) is 23.9 Å². The molecule has 2 N–H and O–H groups in total. The molecule has 0 spiro atoms. The highest BCUT2D eigenvalue weighted by atomic mass is 32.1. The maximum atomic E-state index is 5.42. The van der Waals surface area contributed by atoms with Crippen molar-refractivity contribution < 1.29 is 4.42 Å². The number of nitrogens with one attached hydrogen (secondary N) is 2. The molecule has 3 heterocycles. The maximum absolute atomic E-state index is 5.42.